The van der Waals surface area contributed by atoms with E-state index in [0.29, 0.717) is 38.9 Å². The molecule has 1 aliphatic heterocycles. The molecule has 1 N–H and O–H groups in total. The maximum atomic E-state index is 13.5. The lowest BCUT2D eigenvalue weighted by atomic mass is 10.0. The molecular weight excluding hydrogens is 461 g/mol. The van der Waals surface area contributed by atoms with E-state index in [4.69, 9.17) is 9.47 Å². The summed E-state index contributed by atoms with van der Waals surface area (Å²) in [5.74, 6) is -1.37. The number of hydrogen-bond acceptors (Lipinski definition) is 6. The summed E-state index contributed by atoms with van der Waals surface area (Å²) in [5.41, 5.74) is -2.17. The Kier molecular flexibility index (Phi) is 6.46. The van der Waals surface area contributed by atoms with Crippen LogP contribution in [0, 0.1) is 17.2 Å². The zero-order valence-electron chi connectivity index (χ0n) is 17.8. The van der Waals surface area contributed by atoms with Gasteiger partial charge >= 0.3 is 6.18 Å². The fraction of sp³-hybridized carbons (Fsp3) is 0.636. The maximum absolute atomic E-state index is 13.5. The van der Waals surface area contributed by atoms with Crippen molar-refractivity contribution in [3.8, 4) is 6.07 Å². The van der Waals surface area contributed by atoms with E-state index in [1.165, 1.54) is 6.07 Å². The van der Waals surface area contributed by atoms with E-state index in [2.05, 4.69) is 11.4 Å². The van der Waals surface area contributed by atoms with Gasteiger partial charge in [-0.2, -0.15) is 18.4 Å². The van der Waals surface area contributed by atoms with Crippen LogP contribution in [0.2, 0.25) is 0 Å². The Bertz CT molecular complexity index is 1040. The second kappa shape index (κ2) is 8.89. The second-order valence-corrected chi connectivity index (χ2v) is 11.1. The summed E-state index contributed by atoms with van der Waals surface area (Å²) in [5, 5.41) is 10.8. The molecule has 1 heterocycles. The molecule has 3 aliphatic rings. The molecule has 1 aromatic carbocycles. The predicted molar refractivity (Wildman–Crippen MR) is 110 cm³/mol. The summed E-state index contributed by atoms with van der Waals surface area (Å²) >= 11 is 0. The zero-order chi connectivity index (χ0) is 23.9. The number of alkyl halides is 3. The molecular formula is C22H25F3N2O5S. The molecule has 2 aliphatic carbocycles. The van der Waals surface area contributed by atoms with Crippen LogP contribution in [-0.4, -0.2) is 50.5 Å². The van der Waals surface area contributed by atoms with Crippen LogP contribution in [0.4, 0.5) is 13.2 Å². The van der Waals surface area contributed by atoms with E-state index < -0.39 is 55.2 Å². The van der Waals surface area contributed by atoms with E-state index in [9.17, 15) is 31.6 Å². The number of hydrogen-bond donors (Lipinski definition) is 1. The van der Waals surface area contributed by atoms with Crippen LogP contribution in [0.15, 0.2) is 29.2 Å². The van der Waals surface area contributed by atoms with Gasteiger partial charge in [0.1, 0.15) is 5.54 Å². The number of rotatable bonds is 6. The molecule has 2 saturated carbocycles. The van der Waals surface area contributed by atoms with Gasteiger partial charge in [0.15, 0.2) is 9.84 Å². The maximum Gasteiger partial charge on any atom is 0.417 e. The number of sulfone groups is 1. The Morgan fingerprint density at radius 1 is 1.18 bits per heavy atom. The van der Waals surface area contributed by atoms with Crippen LogP contribution < -0.4 is 5.32 Å². The van der Waals surface area contributed by atoms with Gasteiger partial charge in [-0.25, -0.2) is 8.42 Å². The standard InChI is InChI=1S/C22H25F3N2O5S/c23-22(24,25)17-3-1-2-4-19(17)33(29,30)15-11-16(20(28)27-21(13-26)7-8-21)18(12-15)32-14-5-9-31-10-6-14/h1-4,14-16,18H,5-12H2,(H,27,28)/t15?,16-,18?/m1/s1. The smallest absolute Gasteiger partial charge is 0.381 e. The molecule has 7 nitrogen and oxygen atoms in total. The third-order valence-electron chi connectivity index (χ3n) is 6.60. The van der Waals surface area contributed by atoms with Crippen molar-refractivity contribution in [3.05, 3.63) is 29.8 Å². The zero-order valence-corrected chi connectivity index (χ0v) is 18.6. The third-order valence-corrected chi connectivity index (χ3v) is 8.83. The first kappa shape index (κ1) is 24.0. The Hall–Kier alpha value is -2.16. The lowest BCUT2D eigenvalue weighted by molar-refractivity contribution is -0.140. The largest absolute Gasteiger partial charge is 0.417 e. The number of nitrogens with one attached hydrogen (secondary N) is 1. The average molecular weight is 487 g/mol. The number of nitrogens with zero attached hydrogens (tertiary/aromatic N) is 1. The molecule has 180 valence electrons. The van der Waals surface area contributed by atoms with Gasteiger partial charge in [0, 0.05) is 13.2 Å². The highest BCUT2D eigenvalue weighted by Crippen LogP contribution is 2.42. The SMILES string of the molecule is N#CC1(NC(=O)[C@@H]2CC(S(=O)(=O)c3ccccc3C(F)(F)F)CC2OC2CCOCC2)CC1. The lowest BCUT2D eigenvalue weighted by Crippen LogP contribution is -2.43. The summed E-state index contributed by atoms with van der Waals surface area (Å²) in [7, 11) is -4.40. The Labute approximate surface area is 190 Å². The van der Waals surface area contributed by atoms with E-state index in [-0.39, 0.29) is 18.9 Å². The highest BCUT2D eigenvalue weighted by molar-refractivity contribution is 7.92. The van der Waals surface area contributed by atoms with Gasteiger partial charge in [-0.3, -0.25) is 4.79 Å². The number of amides is 1. The monoisotopic (exact) mass is 486 g/mol. The van der Waals surface area contributed by atoms with Gasteiger partial charge in [0.2, 0.25) is 5.91 Å². The summed E-state index contributed by atoms with van der Waals surface area (Å²) in [6.07, 6.45) is -3.92. The van der Waals surface area contributed by atoms with Crippen LogP contribution >= 0.6 is 0 Å². The number of carbonyl (C=O) groups is 1. The molecule has 1 saturated heterocycles. The first-order valence-corrected chi connectivity index (χ1v) is 12.5. The highest BCUT2D eigenvalue weighted by Gasteiger charge is 2.51. The van der Waals surface area contributed by atoms with Gasteiger partial charge in [-0.1, -0.05) is 12.1 Å². The van der Waals surface area contributed by atoms with Crippen molar-refractivity contribution in [2.75, 3.05) is 13.2 Å². The van der Waals surface area contributed by atoms with Crippen LogP contribution in [0.5, 0.6) is 0 Å². The quantitative estimate of drug-likeness (QED) is 0.663. The van der Waals surface area contributed by atoms with Crippen LogP contribution in [-0.2, 0) is 30.3 Å². The summed E-state index contributed by atoms with van der Waals surface area (Å²) in [6, 6.07) is 6.15. The van der Waals surface area contributed by atoms with Crippen molar-refractivity contribution in [3.63, 3.8) is 0 Å². The van der Waals surface area contributed by atoms with E-state index >= 15 is 0 Å². The predicted octanol–water partition coefficient (Wildman–Crippen LogP) is 2.99. The van der Waals surface area contributed by atoms with E-state index in [1.807, 2.05) is 0 Å². The van der Waals surface area contributed by atoms with Crippen molar-refractivity contribution >= 4 is 15.7 Å². The second-order valence-electron chi connectivity index (χ2n) is 8.91. The van der Waals surface area contributed by atoms with Gasteiger partial charge in [0.05, 0.1) is 39.9 Å². The molecule has 0 radical (unpaired) electrons. The molecule has 3 atom stereocenters. The third kappa shape index (κ3) is 5.03. The van der Waals surface area contributed by atoms with E-state index in [0.717, 1.165) is 18.2 Å². The summed E-state index contributed by atoms with van der Waals surface area (Å²) < 4.78 is 78.5. The molecule has 1 aromatic rings. The van der Waals surface area contributed by atoms with Crippen molar-refractivity contribution in [1.82, 2.24) is 5.32 Å². The van der Waals surface area contributed by atoms with Gasteiger partial charge in [-0.15, -0.1) is 0 Å². The van der Waals surface area contributed by atoms with Crippen molar-refractivity contribution in [2.45, 2.75) is 72.6 Å². The van der Waals surface area contributed by atoms with Gasteiger partial charge in [-0.05, 0) is 50.7 Å². The number of carbonyl (C=O) groups excluding carboxylic acids is 1. The molecule has 3 fully saturated rings. The van der Waals surface area contributed by atoms with Crippen LogP contribution in [0.25, 0.3) is 0 Å². The van der Waals surface area contributed by atoms with Crippen molar-refractivity contribution in [1.29, 1.82) is 5.26 Å². The Morgan fingerprint density at radius 3 is 2.45 bits per heavy atom. The molecule has 2 unspecified atom stereocenters. The van der Waals surface area contributed by atoms with Crippen LogP contribution in [0.3, 0.4) is 0 Å². The number of nitriles is 1. The van der Waals surface area contributed by atoms with Crippen molar-refractivity contribution in [2.24, 2.45) is 5.92 Å². The topological polar surface area (TPSA) is 105 Å². The number of halogens is 3. The first-order chi connectivity index (χ1) is 15.6. The summed E-state index contributed by atoms with van der Waals surface area (Å²) in [4.78, 5) is 12.2. The van der Waals surface area contributed by atoms with E-state index in [1.54, 1.807) is 0 Å². The minimum Gasteiger partial charge on any atom is -0.381 e. The number of benzene rings is 1. The molecule has 0 aromatic heterocycles. The molecule has 1 amide bonds. The first-order valence-electron chi connectivity index (χ1n) is 10.9. The minimum absolute atomic E-state index is 0.0937. The Balaban J connectivity index is 1.60. The highest BCUT2D eigenvalue weighted by atomic mass is 32.2. The normalized spacial score (nSPS) is 27.6. The molecule has 11 heteroatoms. The van der Waals surface area contributed by atoms with Crippen LogP contribution in [0.1, 0.15) is 44.1 Å². The fourth-order valence-corrected chi connectivity index (χ4v) is 6.56. The minimum atomic E-state index is -4.83. The number of ether oxygens (including phenoxy) is 2. The summed E-state index contributed by atoms with van der Waals surface area (Å²) in [6.45, 7) is 0.957. The fourth-order valence-electron chi connectivity index (χ4n) is 4.54. The Morgan fingerprint density at radius 2 is 1.85 bits per heavy atom. The molecule has 0 bridgehead atoms. The molecule has 4 rings (SSSR count). The molecule has 33 heavy (non-hydrogen) atoms. The van der Waals surface area contributed by atoms with Gasteiger partial charge < -0.3 is 14.8 Å². The molecule has 0 spiro atoms. The lowest BCUT2D eigenvalue weighted by Gasteiger charge is -2.28. The van der Waals surface area contributed by atoms with Crippen molar-refractivity contribution < 1.29 is 35.9 Å². The average Bonchev–Trinajstić information content (AvgIpc) is 3.42. The van der Waals surface area contributed by atoms with Gasteiger partial charge in [0.25, 0.3) is 0 Å².